The lowest BCUT2D eigenvalue weighted by molar-refractivity contribution is -0.138. The molecule has 0 saturated heterocycles. The second-order valence-corrected chi connectivity index (χ2v) is 11.7. The zero-order chi connectivity index (χ0) is 29.2. The molecule has 14 heteroatoms. The van der Waals surface area contributed by atoms with E-state index < -0.39 is 22.1 Å². The van der Waals surface area contributed by atoms with Crippen LogP contribution in [0.2, 0.25) is 0 Å². The fraction of sp³-hybridized carbons (Fsp3) is 0.296. The first-order valence-corrected chi connectivity index (χ1v) is 14.6. The molecule has 0 fully saturated rings. The molecule has 2 aromatic heterocycles. The van der Waals surface area contributed by atoms with Crippen LogP contribution in [0, 0.1) is 0 Å². The fourth-order valence-corrected chi connectivity index (χ4v) is 4.92. The van der Waals surface area contributed by atoms with Gasteiger partial charge in [-0.05, 0) is 43.2 Å². The highest BCUT2D eigenvalue weighted by Gasteiger charge is 2.36. The Morgan fingerprint density at radius 3 is 2.66 bits per heavy atom. The molecule has 0 spiro atoms. The van der Waals surface area contributed by atoms with Crippen molar-refractivity contribution >= 4 is 45.2 Å². The van der Waals surface area contributed by atoms with Crippen LogP contribution in [-0.4, -0.2) is 78.5 Å². The summed E-state index contributed by atoms with van der Waals surface area (Å²) in [4.78, 5) is 17.4. The Balaban J connectivity index is 1.41. The number of aliphatic imine (C=N–C) groups is 1. The predicted molar refractivity (Wildman–Crippen MR) is 153 cm³/mol. The summed E-state index contributed by atoms with van der Waals surface area (Å²) >= 11 is 0. The van der Waals surface area contributed by atoms with Crippen LogP contribution in [0.15, 0.2) is 75.2 Å². The number of anilines is 2. The second kappa shape index (κ2) is 11.3. The first-order chi connectivity index (χ1) is 19.5. The van der Waals surface area contributed by atoms with Crippen LogP contribution in [0.1, 0.15) is 13.3 Å². The van der Waals surface area contributed by atoms with Crippen molar-refractivity contribution in [3.05, 3.63) is 60.2 Å². The molecule has 41 heavy (non-hydrogen) atoms. The van der Waals surface area contributed by atoms with E-state index in [1.807, 2.05) is 17.2 Å². The highest BCUT2D eigenvalue weighted by Crippen LogP contribution is 2.29. The smallest absolute Gasteiger partial charge is 0.357 e. The quantitative estimate of drug-likeness (QED) is 0.398. The van der Waals surface area contributed by atoms with E-state index in [4.69, 9.17) is 0 Å². The molecule has 1 aliphatic heterocycles. The van der Waals surface area contributed by atoms with Crippen molar-refractivity contribution in [3.63, 3.8) is 0 Å². The molecule has 10 nitrogen and oxygen atoms in total. The summed E-state index contributed by atoms with van der Waals surface area (Å²) in [6.07, 6.45) is 6.66. The van der Waals surface area contributed by atoms with Crippen LogP contribution in [0.25, 0.3) is 22.3 Å². The van der Waals surface area contributed by atoms with E-state index in [-0.39, 0.29) is 28.2 Å². The number of alkyl halides is 3. The molecule has 1 aliphatic carbocycles. The molecule has 2 aliphatic rings. The van der Waals surface area contributed by atoms with E-state index in [1.54, 1.807) is 30.5 Å². The van der Waals surface area contributed by atoms with Crippen molar-refractivity contribution in [1.29, 1.82) is 0 Å². The third-order valence-electron chi connectivity index (χ3n) is 6.57. The van der Waals surface area contributed by atoms with Crippen LogP contribution >= 0.6 is 0 Å². The van der Waals surface area contributed by atoms with Crippen LogP contribution in [0.3, 0.4) is 0 Å². The van der Waals surface area contributed by atoms with E-state index >= 15 is 0 Å². The SMILES string of the molecule is C[C@H](Nc1nc(NCC2=CCC(N3CC=NC=N3)C=C2)nc2ccc(-c3cccc(S(C)(=O)=O)c3)nc12)C(F)(F)F. The number of rotatable bonds is 8. The zero-order valence-corrected chi connectivity index (χ0v) is 23.0. The van der Waals surface area contributed by atoms with Gasteiger partial charge in [0, 0.05) is 24.6 Å². The average molecular weight is 585 g/mol. The summed E-state index contributed by atoms with van der Waals surface area (Å²) in [5.41, 5.74) is 2.27. The number of nitrogens with zero attached hydrogens (tertiary/aromatic N) is 6. The van der Waals surface area contributed by atoms with Gasteiger partial charge in [0.1, 0.15) is 17.9 Å². The van der Waals surface area contributed by atoms with Crippen molar-refractivity contribution in [2.24, 2.45) is 10.1 Å². The van der Waals surface area contributed by atoms with Gasteiger partial charge in [-0.2, -0.15) is 23.3 Å². The van der Waals surface area contributed by atoms with E-state index in [0.717, 1.165) is 25.2 Å². The van der Waals surface area contributed by atoms with Crippen LogP contribution < -0.4 is 10.6 Å². The summed E-state index contributed by atoms with van der Waals surface area (Å²) in [5.74, 6) is 0.0394. The Morgan fingerprint density at radius 1 is 1.15 bits per heavy atom. The number of sulfone groups is 1. The number of benzene rings is 1. The summed E-state index contributed by atoms with van der Waals surface area (Å²) in [7, 11) is -3.47. The predicted octanol–water partition coefficient (Wildman–Crippen LogP) is 4.45. The third kappa shape index (κ3) is 6.70. The van der Waals surface area contributed by atoms with Crippen molar-refractivity contribution in [1.82, 2.24) is 20.0 Å². The second-order valence-electron chi connectivity index (χ2n) is 9.65. The molecule has 0 radical (unpaired) electrons. The molecular formula is C27H27F3N8O2S. The number of aromatic nitrogens is 3. The first kappa shape index (κ1) is 28.2. The van der Waals surface area contributed by atoms with Gasteiger partial charge < -0.3 is 10.6 Å². The molecule has 1 unspecified atom stereocenters. The number of hydrazone groups is 1. The van der Waals surface area contributed by atoms with Gasteiger partial charge in [0.15, 0.2) is 15.7 Å². The van der Waals surface area contributed by atoms with Crippen molar-refractivity contribution < 1.29 is 21.6 Å². The highest BCUT2D eigenvalue weighted by atomic mass is 32.2. The number of hydrogen-bond donors (Lipinski definition) is 2. The normalized spacial score (nSPS) is 17.9. The maximum absolute atomic E-state index is 13.5. The van der Waals surface area contributed by atoms with Gasteiger partial charge >= 0.3 is 6.18 Å². The molecule has 1 aromatic carbocycles. The van der Waals surface area contributed by atoms with E-state index in [2.05, 4.69) is 41.8 Å². The molecule has 2 atom stereocenters. The molecule has 214 valence electrons. The van der Waals surface area contributed by atoms with Gasteiger partial charge in [-0.1, -0.05) is 30.4 Å². The van der Waals surface area contributed by atoms with Crippen molar-refractivity contribution in [2.45, 2.75) is 36.5 Å². The summed E-state index contributed by atoms with van der Waals surface area (Å²) in [6.45, 7) is 1.98. The topological polar surface area (TPSA) is 125 Å². The molecule has 2 N–H and O–H groups in total. The van der Waals surface area contributed by atoms with Crippen LogP contribution in [0.5, 0.6) is 0 Å². The lowest BCUT2D eigenvalue weighted by Crippen LogP contribution is -2.33. The Labute approximate surface area is 234 Å². The molecule has 3 heterocycles. The average Bonchev–Trinajstić information content (AvgIpc) is 2.96. The van der Waals surface area contributed by atoms with E-state index in [9.17, 15) is 21.6 Å². The molecule has 5 rings (SSSR count). The summed E-state index contributed by atoms with van der Waals surface area (Å²) in [6, 6.07) is 7.64. The Hall–Kier alpha value is -4.33. The lowest BCUT2D eigenvalue weighted by Gasteiger charge is -2.27. The number of fused-ring (bicyclic) bond motifs is 1. The Bertz CT molecular complexity index is 1690. The third-order valence-corrected chi connectivity index (χ3v) is 7.68. The van der Waals surface area contributed by atoms with Gasteiger partial charge in [-0.3, -0.25) is 5.01 Å². The number of pyridine rings is 1. The Morgan fingerprint density at radius 2 is 1.98 bits per heavy atom. The van der Waals surface area contributed by atoms with Crippen LogP contribution in [-0.2, 0) is 9.84 Å². The van der Waals surface area contributed by atoms with Crippen molar-refractivity contribution in [3.8, 4) is 11.3 Å². The number of hydrogen-bond acceptors (Lipinski definition) is 10. The van der Waals surface area contributed by atoms with Crippen molar-refractivity contribution in [2.75, 3.05) is 30.0 Å². The summed E-state index contributed by atoms with van der Waals surface area (Å²) < 4.78 is 64.4. The van der Waals surface area contributed by atoms with Gasteiger partial charge in [-0.15, -0.1) is 0 Å². The number of nitrogens with one attached hydrogen (secondary N) is 2. The van der Waals surface area contributed by atoms with Gasteiger partial charge in [0.05, 0.1) is 28.7 Å². The lowest BCUT2D eigenvalue weighted by atomic mass is 10.0. The minimum atomic E-state index is -4.52. The number of halogens is 3. The molecule has 0 bridgehead atoms. The zero-order valence-electron chi connectivity index (χ0n) is 22.2. The Kier molecular flexibility index (Phi) is 7.76. The van der Waals surface area contributed by atoms with E-state index in [1.165, 1.54) is 18.5 Å². The van der Waals surface area contributed by atoms with Crippen LogP contribution in [0.4, 0.5) is 24.9 Å². The molecule has 3 aromatic rings. The molecule has 0 amide bonds. The van der Waals surface area contributed by atoms with E-state index in [0.29, 0.717) is 29.9 Å². The standard InChI is InChI=1S/C27H27F3N8O2S/c1-17(27(28,29)30)34-25-24-23(11-10-22(35-24)19-4-3-5-21(14-19)41(2,39)40)36-26(37-25)32-15-18-6-8-20(9-7-18)38-13-12-31-16-33-38/h3-8,10-12,14,16-17,20H,9,13,15H2,1-2H3,(H2,32,34,36,37)/t17-,20?/m0/s1. The monoisotopic (exact) mass is 584 g/mol. The molecular weight excluding hydrogens is 557 g/mol. The van der Waals surface area contributed by atoms with Gasteiger partial charge in [-0.25, -0.2) is 23.4 Å². The minimum Gasteiger partial charge on any atom is -0.357 e. The highest BCUT2D eigenvalue weighted by molar-refractivity contribution is 7.90. The first-order valence-electron chi connectivity index (χ1n) is 12.7. The minimum absolute atomic E-state index is 0.0960. The van der Waals surface area contributed by atoms with Gasteiger partial charge in [0.2, 0.25) is 5.95 Å². The molecule has 0 saturated carbocycles. The maximum Gasteiger partial charge on any atom is 0.408 e. The van der Waals surface area contributed by atoms with Gasteiger partial charge in [0.25, 0.3) is 0 Å². The maximum atomic E-state index is 13.5. The summed E-state index contributed by atoms with van der Waals surface area (Å²) in [5, 5.41) is 11.7. The largest absolute Gasteiger partial charge is 0.408 e. The fourth-order valence-electron chi connectivity index (χ4n) is 4.26.